The lowest BCUT2D eigenvalue weighted by Gasteiger charge is -2.12. The fourth-order valence-electron chi connectivity index (χ4n) is 1.87. The van der Waals surface area contributed by atoms with Crippen molar-refractivity contribution in [2.75, 3.05) is 0 Å². The van der Waals surface area contributed by atoms with Crippen LogP contribution in [0.15, 0.2) is 42.5 Å². The molecule has 0 amide bonds. The van der Waals surface area contributed by atoms with E-state index in [9.17, 15) is 18.0 Å². The molecule has 0 fully saturated rings. The highest BCUT2D eigenvalue weighted by molar-refractivity contribution is 6.31. The van der Waals surface area contributed by atoms with Gasteiger partial charge < -0.3 is 0 Å². The Hall–Kier alpha value is -1.81. The minimum atomic E-state index is -4.56. The third-order valence-electron chi connectivity index (χ3n) is 2.90. The van der Waals surface area contributed by atoms with E-state index in [1.807, 2.05) is 0 Å². The van der Waals surface area contributed by atoms with Crippen molar-refractivity contribution in [3.05, 3.63) is 69.7 Å². The van der Waals surface area contributed by atoms with E-state index >= 15 is 0 Å². The molecular formula is C15H10ClF3O. The Kier molecular flexibility index (Phi) is 3.86. The summed E-state index contributed by atoms with van der Waals surface area (Å²) in [4.78, 5) is 12.2. The number of aryl methyl sites for hydroxylation is 1. The first-order valence-electron chi connectivity index (χ1n) is 5.78. The molecule has 0 bridgehead atoms. The maximum absolute atomic E-state index is 12.9. The van der Waals surface area contributed by atoms with E-state index < -0.39 is 17.5 Å². The molecule has 0 unspecified atom stereocenters. The Bertz CT molecular complexity index is 662. The molecule has 0 heterocycles. The van der Waals surface area contributed by atoms with Crippen LogP contribution in [0.5, 0.6) is 0 Å². The molecule has 0 spiro atoms. The summed E-state index contributed by atoms with van der Waals surface area (Å²) in [6, 6.07) is 9.14. The molecule has 0 saturated carbocycles. The van der Waals surface area contributed by atoms with Crippen molar-refractivity contribution in [3.8, 4) is 0 Å². The molecule has 2 aromatic rings. The molecule has 104 valence electrons. The standard InChI is InChI=1S/C15H10ClF3O/c1-9-8-10(6-7-13(9)16)14(20)11-4-2-3-5-12(11)15(17,18)19/h2-8H,1H3. The van der Waals surface area contributed by atoms with Gasteiger partial charge in [-0.3, -0.25) is 4.79 Å². The number of alkyl halides is 3. The Balaban J connectivity index is 2.51. The largest absolute Gasteiger partial charge is 0.417 e. The second-order valence-corrected chi connectivity index (χ2v) is 4.74. The summed E-state index contributed by atoms with van der Waals surface area (Å²) in [5, 5.41) is 0.464. The summed E-state index contributed by atoms with van der Waals surface area (Å²) >= 11 is 5.84. The average molecular weight is 299 g/mol. The van der Waals surface area contributed by atoms with Gasteiger partial charge in [-0.05, 0) is 36.8 Å². The summed E-state index contributed by atoms with van der Waals surface area (Å²) in [5.41, 5.74) is -0.468. The minimum absolute atomic E-state index is 0.184. The molecule has 0 aliphatic carbocycles. The number of hydrogen-bond acceptors (Lipinski definition) is 1. The van der Waals surface area contributed by atoms with Crippen LogP contribution in [0.3, 0.4) is 0 Å². The highest BCUT2D eigenvalue weighted by Gasteiger charge is 2.34. The number of rotatable bonds is 2. The minimum Gasteiger partial charge on any atom is -0.289 e. The lowest BCUT2D eigenvalue weighted by Crippen LogP contribution is -2.13. The molecule has 1 nitrogen and oxygen atoms in total. The molecule has 0 radical (unpaired) electrons. The molecule has 5 heteroatoms. The first kappa shape index (κ1) is 14.6. The van der Waals surface area contributed by atoms with Crippen LogP contribution in [-0.2, 0) is 6.18 Å². The Morgan fingerprint density at radius 3 is 2.35 bits per heavy atom. The van der Waals surface area contributed by atoms with Crippen LogP contribution in [-0.4, -0.2) is 5.78 Å². The van der Waals surface area contributed by atoms with Crippen LogP contribution < -0.4 is 0 Å². The highest BCUT2D eigenvalue weighted by atomic mass is 35.5. The first-order valence-corrected chi connectivity index (χ1v) is 6.15. The summed E-state index contributed by atoms with van der Waals surface area (Å²) in [6.07, 6.45) is -4.56. The maximum atomic E-state index is 12.9. The van der Waals surface area contributed by atoms with Gasteiger partial charge in [0.2, 0.25) is 0 Å². The van der Waals surface area contributed by atoms with Gasteiger partial charge in [0.25, 0.3) is 0 Å². The third-order valence-corrected chi connectivity index (χ3v) is 3.32. The van der Waals surface area contributed by atoms with Gasteiger partial charge in [-0.2, -0.15) is 13.2 Å². The van der Waals surface area contributed by atoms with Crippen LogP contribution in [0.1, 0.15) is 27.0 Å². The third kappa shape index (κ3) is 2.85. The van der Waals surface area contributed by atoms with Gasteiger partial charge >= 0.3 is 6.18 Å². The zero-order chi connectivity index (χ0) is 14.9. The summed E-state index contributed by atoms with van der Waals surface area (Å²) < 4.78 is 38.7. The van der Waals surface area contributed by atoms with Gasteiger partial charge in [-0.1, -0.05) is 29.8 Å². The molecule has 0 N–H and O–H groups in total. The predicted molar refractivity (Wildman–Crippen MR) is 71.1 cm³/mol. The zero-order valence-corrected chi connectivity index (χ0v) is 11.2. The topological polar surface area (TPSA) is 17.1 Å². The average Bonchev–Trinajstić information content (AvgIpc) is 2.40. The van der Waals surface area contributed by atoms with Gasteiger partial charge in [-0.15, -0.1) is 0 Å². The van der Waals surface area contributed by atoms with E-state index in [2.05, 4.69) is 0 Å². The van der Waals surface area contributed by atoms with E-state index in [0.29, 0.717) is 10.6 Å². The molecular weight excluding hydrogens is 289 g/mol. The summed E-state index contributed by atoms with van der Waals surface area (Å²) in [5.74, 6) is -0.669. The van der Waals surface area contributed by atoms with Crippen LogP contribution in [0, 0.1) is 6.92 Å². The van der Waals surface area contributed by atoms with Gasteiger partial charge in [0, 0.05) is 16.1 Å². The molecule has 2 aromatic carbocycles. The Morgan fingerprint density at radius 2 is 1.75 bits per heavy atom. The molecule has 0 saturated heterocycles. The van der Waals surface area contributed by atoms with Crippen molar-refractivity contribution in [1.82, 2.24) is 0 Å². The second-order valence-electron chi connectivity index (χ2n) is 4.34. The van der Waals surface area contributed by atoms with Crippen LogP contribution >= 0.6 is 11.6 Å². The summed E-state index contributed by atoms with van der Waals surface area (Å²) in [7, 11) is 0. The number of halogens is 4. The molecule has 2 rings (SSSR count). The van der Waals surface area contributed by atoms with Crippen molar-refractivity contribution in [3.63, 3.8) is 0 Å². The SMILES string of the molecule is Cc1cc(C(=O)c2ccccc2C(F)(F)F)ccc1Cl. The number of hydrogen-bond donors (Lipinski definition) is 0. The highest BCUT2D eigenvalue weighted by Crippen LogP contribution is 2.33. The van der Waals surface area contributed by atoms with Crippen LogP contribution in [0.25, 0.3) is 0 Å². The quantitative estimate of drug-likeness (QED) is 0.721. The Labute approximate surface area is 119 Å². The van der Waals surface area contributed by atoms with Gasteiger partial charge in [0.1, 0.15) is 0 Å². The monoisotopic (exact) mass is 298 g/mol. The van der Waals surface area contributed by atoms with E-state index in [1.54, 1.807) is 6.92 Å². The fraction of sp³-hybridized carbons (Fsp3) is 0.133. The second kappa shape index (κ2) is 5.29. The van der Waals surface area contributed by atoms with Gasteiger partial charge in [0.15, 0.2) is 5.78 Å². The summed E-state index contributed by atoms with van der Waals surface area (Å²) in [6.45, 7) is 1.69. The van der Waals surface area contributed by atoms with E-state index in [1.165, 1.54) is 36.4 Å². The number of carbonyl (C=O) groups is 1. The molecule has 0 aliphatic heterocycles. The van der Waals surface area contributed by atoms with E-state index in [-0.39, 0.29) is 11.1 Å². The molecule has 20 heavy (non-hydrogen) atoms. The van der Waals surface area contributed by atoms with Crippen LogP contribution in [0.4, 0.5) is 13.2 Å². The lowest BCUT2D eigenvalue weighted by molar-refractivity contribution is -0.137. The Morgan fingerprint density at radius 1 is 1.10 bits per heavy atom. The van der Waals surface area contributed by atoms with Crippen molar-refractivity contribution >= 4 is 17.4 Å². The molecule has 0 aromatic heterocycles. The lowest BCUT2D eigenvalue weighted by atomic mass is 9.97. The number of benzene rings is 2. The van der Waals surface area contributed by atoms with Gasteiger partial charge in [0.05, 0.1) is 5.56 Å². The van der Waals surface area contributed by atoms with Crippen molar-refractivity contribution in [2.24, 2.45) is 0 Å². The van der Waals surface area contributed by atoms with Gasteiger partial charge in [-0.25, -0.2) is 0 Å². The predicted octanol–water partition coefficient (Wildman–Crippen LogP) is 4.90. The number of ketones is 1. The maximum Gasteiger partial charge on any atom is 0.417 e. The zero-order valence-electron chi connectivity index (χ0n) is 10.5. The van der Waals surface area contributed by atoms with E-state index in [4.69, 9.17) is 11.6 Å². The normalized spacial score (nSPS) is 11.4. The first-order chi connectivity index (χ1) is 9.30. The van der Waals surface area contributed by atoms with Crippen molar-refractivity contribution in [2.45, 2.75) is 13.1 Å². The molecule has 0 atom stereocenters. The van der Waals surface area contributed by atoms with Crippen LogP contribution in [0.2, 0.25) is 5.02 Å². The van der Waals surface area contributed by atoms with Crippen molar-refractivity contribution in [1.29, 1.82) is 0 Å². The smallest absolute Gasteiger partial charge is 0.289 e. The van der Waals surface area contributed by atoms with E-state index in [0.717, 1.165) is 6.07 Å². The number of carbonyl (C=O) groups excluding carboxylic acids is 1. The molecule has 0 aliphatic rings. The fourth-order valence-corrected chi connectivity index (χ4v) is 1.99. The van der Waals surface area contributed by atoms with Crippen molar-refractivity contribution < 1.29 is 18.0 Å².